The number of nitrogens with zero attached hydrogens (tertiary/aromatic N) is 1. The van der Waals surface area contributed by atoms with E-state index < -0.39 is 0 Å². The van der Waals surface area contributed by atoms with E-state index in [0.717, 1.165) is 32.7 Å². The molecule has 1 N–H and O–H groups in total. The van der Waals surface area contributed by atoms with E-state index >= 15 is 0 Å². The number of para-hydroxylation sites is 1. The average molecular weight is 575 g/mol. The average Bonchev–Trinajstić information content (AvgIpc) is 3.57. The van der Waals surface area contributed by atoms with Gasteiger partial charge in [-0.15, -0.1) is 11.3 Å². The van der Waals surface area contributed by atoms with E-state index in [1.165, 1.54) is 7.11 Å². The zero-order valence-electron chi connectivity index (χ0n) is 23.3. The van der Waals surface area contributed by atoms with Crippen molar-refractivity contribution in [2.75, 3.05) is 12.4 Å². The summed E-state index contributed by atoms with van der Waals surface area (Å²) in [6, 6.07) is 31.8. The first-order valence-corrected chi connectivity index (χ1v) is 14.9. The van der Waals surface area contributed by atoms with E-state index in [9.17, 15) is 9.59 Å². The van der Waals surface area contributed by atoms with Crippen LogP contribution in [-0.4, -0.2) is 18.0 Å². The number of nitrogens with one attached hydrogen (secondary N) is 1. The third-order valence-corrected chi connectivity index (χ3v) is 9.62. The van der Waals surface area contributed by atoms with Gasteiger partial charge in [-0.2, -0.15) is 0 Å². The lowest BCUT2D eigenvalue weighted by Crippen LogP contribution is -2.49. The first-order valence-electron chi connectivity index (χ1n) is 14.1. The van der Waals surface area contributed by atoms with Crippen molar-refractivity contribution >= 4 is 34.0 Å². The number of esters is 1. The molecule has 0 fully saturated rings. The van der Waals surface area contributed by atoms with Crippen molar-refractivity contribution in [1.29, 1.82) is 0 Å². The van der Waals surface area contributed by atoms with Crippen LogP contribution in [0.5, 0.6) is 0 Å². The molecule has 42 heavy (non-hydrogen) atoms. The van der Waals surface area contributed by atoms with Crippen LogP contribution in [0.3, 0.4) is 0 Å². The number of hydrogen-bond donors (Lipinski definition) is 1. The number of carbonyl (C=O) groups excluding carboxylic acids is 1. The minimum atomic E-state index is -0.389. The van der Waals surface area contributed by atoms with E-state index in [2.05, 4.69) is 45.9 Å². The summed E-state index contributed by atoms with van der Waals surface area (Å²) in [5.41, 5.74) is 5.17. The molecule has 0 amide bonds. The molecule has 0 spiro atoms. The van der Waals surface area contributed by atoms with Gasteiger partial charge in [-0.1, -0.05) is 84.9 Å². The molecule has 2 aliphatic heterocycles. The molecule has 4 atom stereocenters. The van der Waals surface area contributed by atoms with Crippen molar-refractivity contribution in [3.05, 3.63) is 146 Å². The van der Waals surface area contributed by atoms with Gasteiger partial charge in [-0.25, -0.2) is 9.59 Å². The van der Waals surface area contributed by atoms with Crippen LogP contribution in [0.25, 0.3) is 11.0 Å². The van der Waals surface area contributed by atoms with E-state index in [1.54, 1.807) is 11.3 Å². The highest BCUT2D eigenvalue weighted by Crippen LogP contribution is 2.59. The summed E-state index contributed by atoms with van der Waals surface area (Å²) < 4.78 is 11.3. The lowest BCUT2D eigenvalue weighted by atomic mass is 9.65. The third kappa shape index (κ3) is 4.23. The summed E-state index contributed by atoms with van der Waals surface area (Å²) in [6.07, 6.45) is 0. The number of carbonyl (C=O) groups is 1. The zero-order valence-corrected chi connectivity index (χ0v) is 24.1. The maximum absolute atomic E-state index is 13.7. The van der Waals surface area contributed by atoms with E-state index in [0.29, 0.717) is 23.4 Å². The molecule has 210 valence electrons. The standard InChI is InChI=1S/C35H30N2O4S/c1-21-27(34(38)40-2)28(23-14-7-4-8-15-23)30-31(26-18-11-19-42-26)36-32-29(24-16-9-10-17-25(24)41-35(32)39)33(30)37(21)20-22-12-5-3-6-13-22/h3-19,28,30-31,33,36H,20H2,1-2H3/t28?,30-,31-,33+/m0/s1. The Labute approximate surface area is 247 Å². The number of anilines is 1. The van der Waals surface area contributed by atoms with Crippen LogP contribution in [0, 0.1) is 5.92 Å². The molecule has 5 aromatic rings. The molecule has 7 heteroatoms. The second-order valence-corrected chi connectivity index (χ2v) is 11.8. The van der Waals surface area contributed by atoms with Crippen molar-refractivity contribution in [2.24, 2.45) is 5.92 Å². The molecule has 0 radical (unpaired) electrons. The van der Waals surface area contributed by atoms with Crippen molar-refractivity contribution in [3.63, 3.8) is 0 Å². The van der Waals surface area contributed by atoms with Crippen LogP contribution in [0.2, 0.25) is 0 Å². The van der Waals surface area contributed by atoms with Crippen molar-refractivity contribution < 1.29 is 13.9 Å². The Kier molecular flexibility index (Phi) is 6.67. The number of fused-ring (bicyclic) bond motifs is 5. The SMILES string of the molecule is COC(=O)C1=C(C)N(Cc2ccccc2)[C@@H]2c3c(c(=O)oc4ccccc34)N[C@@H](c3cccs3)[C@@H]2C1c1ccccc1. The molecule has 4 heterocycles. The number of methoxy groups -OCH3 is 1. The summed E-state index contributed by atoms with van der Waals surface area (Å²) in [4.78, 5) is 30.8. The molecule has 6 nitrogen and oxygen atoms in total. The molecule has 1 unspecified atom stereocenters. The van der Waals surface area contributed by atoms with E-state index in [4.69, 9.17) is 9.15 Å². The van der Waals surface area contributed by atoms with E-state index in [-0.39, 0.29) is 35.5 Å². The van der Waals surface area contributed by atoms with Gasteiger partial charge >= 0.3 is 11.6 Å². The van der Waals surface area contributed by atoms with Gasteiger partial charge in [0, 0.05) is 39.9 Å². The number of hydrogen-bond acceptors (Lipinski definition) is 7. The summed E-state index contributed by atoms with van der Waals surface area (Å²) in [5.74, 6) is -0.800. The molecule has 0 aliphatic carbocycles. The van der Waals surface area contributed by atoms with Gasteiger partial charge in [-0.3, -0.25) is 0 Å². The summed E-state index contributed by atoms with van der Waals surface area (Å²) in [6.45, 7) is 2.57. The lowest BCUT2D eigenvalue weighted by Gasteiger charge is -2.53. The van der Waals surface area contributed by atoms with Gasteiger partial charge in [0.2, 0.25) is 0 Å². The molecular weight excluding hydrogens is 544 g/mol. The van der Waals surface area contributed by atoms with Gasteiger partial charge in [0.1, 0.15) is 11.3 Å². The summed E-state index contributed by atoms with van der Waals surface area (Å²) in [7, 11) is 1.45. The summed E-state index contributed by atoms with van der Waals surface area (Å²) >= 11 is 1.64. The van der Waals surface area contributed by atoms with Crippen LogP contribution < -0.4 is 10.9 Å². The number of rotatable bonds is 5. The maximum atomic E-state index is 13.7. The van der Waals surface area contributed by atoms with Gasteiger partial charge in [0.05, 0.1) is 24.8 Å². The Bertz CT molecular complexity index is 1850. The minimum Gasteiger partial charge on any atom is -0.466 e. The molecule has 0 bridgehead atoms. The highest BCUT2D eigenvalue weighted by molar-refractivity contribution is 7.10. The molecule has 7 rings (SSSR count). The first kappa shape index (κ1) is 26.3. The Balaban J connectivity index is 1.59. The second-order valence-electron chi connectivity index (χ2n) is 10.8. The summed E-state index contributed by atoms with van der Waals surface area (Å²) in [5, 5.41) is 6.58. The van der Waals surface area contributed by atoms with Crippen LogP contribution in [0.4, 0.5) is 5.69 Å². The normalized spacial score (nSPS) is 21.4. The lowest BCUT2D eigenvalue weighted by molar-refractivity contribution is -0.137. The Morgan fingerprint density at radius 3 is 2.38 bits per heavy atom. The van der Waals surface area contributed by atoms with Gasteiger partial charge in [-0.05, 0) is 35.6 Å². The molecule has 2 aliphatic rings. The zero-order chi connectivity index (χ0) is 28.8. The quantitative estimate of drug-likeness (QED) is 0.174. The molecule has 0 saturated carbocycles. The number of allylic oxidation sites excluding steroid dienone is 1. The van der Waals surface area contributed by atoms with Gasteiger partial charge in [0.15, 0.2) is 0 Å². The Hall–Kier alpha value is -4.62. The first-order chi connectivity index (χ1) is 20.6. The fourth-order valence-electron chi connectivity index (χ4n) is 6.92. The molecule has 0 saturated heterocycles. The highest BCUT2D eigenvalue weighted by Gasteiger charge is 2.53. The largest absolute Gasteiger partial charge is 0.466 e. The third-order valence-electron chi connectivity index (χ3n) is 8.66. The fourth-order valence-corrected chi connectivity index (χ4v) is 7.76. The smallest absolute Gasteiger partial charge is 0.360 e. The van der Waals surface area contributed by atoms with Crippen LogP contribution in [-0.2, 0) is 16.1 Å². The molecular formula is C35H30N2O4S. The predicted octanol–water partition coefficient (Wildman–Crippen LogP) is 7.43. The van der Waals surface area contributed by atoms with Gasteiger partial charge in [0.25, 0.3) is 0 Å². The predicted molar refractivity (Wildman–Crippen MR) is 165 cm³/mol. The molecule has 2 aromatic heterocycles. The Morgan fingerprint density at radius 1 is 0.952 bits per heavy atom. The number of ether oxygens (including phenoxy) is 1. The number of thiophene rings is 1. The molecule has 3 aromatic carbocycles. The minimum absolute atomic E-state index is 0.162. The van der Waals surface area contributed by atoms with E-state index in [1.807, 2.05) is 73.7 Å². The van der Waals surface area contributed by atoms with Crippen molar-refractivity contribution in [1.82, 2.24) is 4.90 Å². The topological polar surface area (TPSA) is 71.8 Å². The van der Waals surface area contributed by atoms with Crippen molar-refractivity contribution in [2.45, 2.75) is 31.5 Å². The Morgan fingerprint density at radius 2 is 1.67 bits per heavy atom. The van der Waals surface area contributed by atoms with Crippen LogP contribution >= 0.6 is 11.3 Å². The van der Waals surface area contributed by atoms with Crippen molar-refractivity contribution in [3.8, 4) is 0 Å². The highest BCUT2D eigenvalue weighted by atomic mass is 32.1. The number of benzene rings is 3. The second kappa shape index (κ2) is 10.7. The van der Waals surface area contributed by atoms with Crippen LogP contribution in [0.1, 0.15) is 46.5 Å². The monoisotopic (exact) mass is 574 g/mol. The van der Waals surface area contributed by atoms with Crippen LogP contribution in [0.15, 0.2) is 123 Å². The van der Waals surface area contributed by atoms with Gasteiger partial charge < -0.3 is 19.4 Å². The maximum Gasteiger partial charge on any atom is 0.360 e. The fraction of sp³-hybridized carbons (Fsp3) is 0.200.